The molecule has 3 atom stereocenters. The summed E-state index contributed by atoms with van der Waals surface area (Å²) >= 11 is 0. The Balaban J connectivity index is 2.72. The van der Waals surface area contributed by atoms with Crippen molar-refractivity contribution < 1.29 is 23.9 Å². The molecule has 0 aromatic heterocycles. The number of esters is 1. The van der Waals surface area contributed by atoms with Crippen LogP contribution in [-0.4, -0.2) is 37.2 Å². The molecule has 0 saturated heterocycles. The van der Waals surface area contributed by atoms with Gasteiger partial charge in [0.05, 0.1) is 7.11 Å². The fraction of sp³-hybridized carbons (Fsp3) is 0.450. The monoisotopic (exact) mass is 376 g/mol. The van der Waals surface area contributed by atoms with Gasteiger partial charge in [-0.2, -0.15) is 0 Å². The minimum Gasteiger partial charge on any atom is -0.467 e. The first kappa shape index (κ1) is 22.2. The van der Waals surface area contributed by atoms with Crippen LogP contribution in [0.4, 0.5) is 4.79 Å². The number of ether oxygens (including phenoxy) is 2. The Labute approximate surface area is 160 Å². The lowest BCUT2D eigenvalue weighted by Crippen LogP contribution is -2.55. The molecule has 7 nitrogen and oxygen atoms in total. The fourth-order valence-electron chi connectivity index (χ4n) is 2.34. The normalized spacial score (nSPS) is 13.8. The molecular formula is C20H28N2O5. The minimum atomic E-state index is -0.886. The molecule has 0 saturated carbocycles. The number of methoxy groups -OCH3 is 1. The van der Waals surface area contributed by atoms with E-state index in [0.29, 0.717) is 0 Å². The number of nitrogens with one attached hydrogen (secondary N) is 2. The molecule has 27 heavy (non-hydrogen) atoms. The molecule has 0 aliphatic carbocycles. The van der Waals surface area contributed by atoms with E-state index in [0.717, 1.165) is 5.56 Å². The number of carbonyl (C=O) groups excluding carboxylic acids is 3. The summed E-state index contributed by atoms with van der Waals surface area (Å²) in [5, 5.41) is 5.18. The highest BCUT2D eigenvalue weighted by atomic mass is 16.5. The van der Waals surface area contributed by atoms with Gasteiger partial charge in [-0.25, -0.2) is 9.59 Å². The Morgan fingerprint density at radius 3 is 2.22 bits per heavy atom. The Kier molecular flexibility index (Phi) is 9.05. The van der Waals surface area contributed by atoms with E-state index >= 15 is 0 Å². The molecule has 0 unspecified atom stereocenters. The molecule has 148 valence electrons. The highest BCUT2D eigenvalue weighted by Gasteiger charge is 2.31. The largest absolute Gasteiger partial charge is 0.467 e. The lowest BCUT2D eigenvalue weighted by molar-refractivity contribution is -0.146. The Bertz CT molecular complexity index is 645. The minimum absolute atomic E-state index is 0.0946. The number of hydrogen-bond acceptors (Lipinski definition) is 5. The molecule has 0 fully saturated rings. The van der Waals surface area contributed by atoms with Gasteiger partial charge in [-0.15, -0.1) is 6.58 Å². The van der Waals surface area contributed by atoms with Gasteiger partial charge in [0.25, 0.3) is 0 Å². The number of rotatable bonds is 9. The predicted octanol–water partition coefficient (Wildman–Crippen LogP) is 2.42. The van der Waals surface area contributed by atoms with E-state index in [1.54, 1.807) is 26.8 Å². The van der Waals surface area contributed by atoms with Crippen molar-refractivity contribution in [3.05, 3.63) is 48.6 Å². The van der Waals surface area contributed by atoms with Gasteiger partial charge >= 0.3 is 12.1 Å². The van der Waals surface area contributed by atoms with Crippen molar-refractivity contribution in [1.29, 1.82) is 0 Å². The molecule has 2 amide bonds. The van der Waals surface area contributed by atoms with E-state index in [9.17, 15) is 14.4 Å². The van der Waals surface area contributed by atoms with Crippen LogP contribution in [0.25, 0.3) is 0 Å². The van der Waals surface area contributed by atoms with Gasteiger partial charge < -0.3 is 20.1 Å². The van der Waals surface area contributed by atoms with E-state index in [1.165, 1.54) is 7.11 Å². The summed E-state index contributed by atoms with van der Waals surface area (Å²) in [4.78, 5) is 36.6. The highest BCUT2D eigenvalue weighted by Crippen LogP contribution is 2.09. The van der Waals surface area contributed by atoms with Crippen LogP contribution in [0.5, 0.6) is 0 Å². The van der Waals surface area contributed by atoms with Crippen molar-refractivity contribution >= 4 is 18.0 Å². The third-order valence-electron chi connectivity index (χ3n) is 4.09. The lowest BCUT2D eigenvalue weighted by atomic mass is 9.99. The maximum absolute atomic E-state index is 12.6. The van der Waals surface area contributed by atoms with Crippen LogP contribution in [0, 0.1) is 11.8 Å². The number of benzene rings is 1. The average molecular weight is 376 g/mol. The van der Waals surface area contributed by atoms with Gasteiger partial charge in [-0.3, -0.25) is 4.79 Å². The van der Waals surface area contributed by atoms with Crippen LogP contribution in [0.2, 0.25) is 0 Å². The molecule has 1 aromatic rings. The van der Waals surface area contributed by atoms with Gasteiger partial charge in [-0.1, -0.05) is 57.2 Å². The van der Waals surface area contributed by atoms with Crippen molar-refractivity contribution in [3.8, 4) is 0 Å². The van der Waals surface area contributed by atoms with Crippen LogP contribution in [-0.2, 0) is 25.7 Å². The first-order valence-corrected chi connectivity index (χ1v) is 8.78. The molecule has 0 heterocycles. The molecule has 0 aliphatic heterocycles. The Hall–Kier alpha value is -2.83. The lowest BCUT2D eigenvalue weighted by Gasteiger charge is -2.26. The Morgan fingerprint density at radius 1 is 1.07 bits per heavy atom. The zero-order chi connectivity index (χ0) is 20.4. The zero-order valence-corrected chi connectivity index (χ0v) is 16.2. The smallest absolute Gasteiger partial charge is 0.408 e. The molecule has 0 bridgehead atoms. The molecule has 7 heteroatoms. The van der Waals surface area contributed by atoms with Gasteiger partial charge in [-0.05, 0) is 11.5 Å². The average Bonchev–Trinajstić information content (AvgIpc) is 2.67. The quantitative estimate of drug-likeness (QED) is 0.510. The number of alkyl carbamates (subject to hydrolysis) is 1. The van der Waals surface area contributed by atoms with Crippen LogP contribution < -0.4 is 10.6 Å². The molecule has 1 rings (SSSR count). The van der Waals surface area contributed by atoms with Gasteiger partial charge in [0.1, 0.15) is 18.7 Å². The second kappa shape index (κ2) is 11.0. The van der Waals surface area contributed by atoms with Gasteiger partial charge in [0, 0.05) is 5.92 Å². The van der Waals surface area contributed by atoms with E-state index in [-0.39, 0.29) is 18.4 Å². The number of carbonyl (C=O) groups is 3. The summed E-state index contributed by atoms with van der Waals surface area (Å²) in [6.07, 6.45) is 0.840. The van der Waals surface area contributed by atoms with E-state index < -0.39 is 30.1 Å². The molecule has 2 N–H and O–H groups in total. The van der Waals surface area contributed by atoms with Crippen molar-refractivity contribution in [2.24, 2.45) is 11.8 Å². The van der Waals surface area contributed by atoms with Crippen LogP contribution in [0.3, 0.4) is 0 Å². The van der Waals surface area contributed by atoms with Crippen LogP contribution >= 0.6 is 0 Å². The maximum atomic E-state index is 12.6. The molecule has 0 spiro atoms. The maximum Gasteiger partial charge on any atom is 0.408 e. The Morgan fingerprint density at radius 2 is 1.70 bits per heavy atom. The second-order valence-corrected chi connectivity index (χ2v) is 6.53. The summed E-state index contributed by atoms with van der Waals surface area (Å²) in [7, 11) is 1.25. The van der Waals surface area contributed by atoms with Gasteiger partial charge in [0.2, 0.25) is 5.91 Å². The molecule has 0 aliphatic rings. The van der Waals surface area contributed by atoms with Crippen LogP contribution in [0.1, 0.15) is 26.3 Å². The molecule has 0 radical (unpaired) electrons. The second-order valence-electron chi connectivity index (χ2n) is 6.53. The van der Waals surface area contributed by atoms with Crippen molar-refractivity contribution in [1.82, 2.24) is 10.6 Å². The topological polar surface area (TPSA) is 93.7 Å². The fourth-order valence-corrected chi connectivity index (χ4v) is 2.34. The summed E-state index contributed by atoms with van der Waals surface area (Å²) < 4.78 is 9.89. The van der Waals surface area contributed by atoms with E-state index in [1.807, 2.05) is 30.3 Å². The van der Waals surface area contributed by atoms with Crippen molar-refractivity contribution in [2.45, 2.75) is 39.5 Å². The highest BCUT2D eigenvalue weighted by molar-refractivity contribution is 5.90. The van der Waals surface area contributed by atoms with Crippen molar-refractivity contribution in [2.75, 3.05) is 7.11 Å². The first-order valence-electron chi connectivity index (χ1n) is 8.78. The zero-order valence-electron chi connectivity index (χ0n) is 16.2. The standard InChI is InChI=1S/C20H28N2O5/c1-6-14(4)17(19(24)26-5)21-18(23)16(13(2)3)22-20(25)27-12-15-10-8-7-9-11-15/h6-11,13-14,16-17H,1,12H2,2-5H3,(H,21,23)(H,22,25)/t14-,16-,17-/m0/s1. The number of hydrogen-bond donors (Lipinski definition) is 2. The molecule has 1 aromatic carbocycles. The summed E-state index contributed by atoms with van der Waals surface area (Å²) in [6, 6.07) is 7.46. The van der Waals surface area contributed by atoms with E-state index in [4.69, 9.17) is 9.47 Å². The summed E-state index contributed by atoms with van der Waals surface area (Å²) in [6.45, 7) is 9.04. The van der Waals surface area contributed by atoms with Gasteiger partial charge in [0.15, 0.2) is 0 Å². The third kappa shape index (κ3) is 7.13. The molecular weight excluding hydrogens is 348 g/mol. The predicted molar refractivity (Wildman–Crippen MR) is 102 cm³/mol. The van der Waals surface area contributed by atoms with E-state index in [2.05, 4.69) is 17.2 Å². The third-order valence-corrected chi connectivity index (χ3v) is 4.09. The summed E-state index contributed by atoms with van der Waals surface area (Å²) in [5.74, 6) is -1.62. The van der Waals surface area contributed by atoms with Crippen LogP contribution in [0.15, 0.2) is 43.0 Å². The first-order chi connectivity index (χ1) is 12.8. The number of amides is 2. The SMILES string of the molecule is C=C[C@H](C)[C@H](NC(=O)[C@@H](NC(=O)OCc1ccccc1)C(C)C)C(=O)OC. The summed E-state index contributed by atoms with van der Waals surface area (Å²) in [5.41, 5.74) is 0.837. The van der Waals surface area contributed by atoms with Crippen molar-refractivity contribution in [3.63, 3.8) is 0 Å².